The Morgan fingerprint density at radius 3 is 2.91 bits per heavy atom. The van der Waals surface area contributed by atoms with E-state index >= 15 is 0 Å². The molecule has 1 fully saturated rings. The number of aromatic nitrogens is 6. The lowest BCUT2D eigenvalue weighted by molar-refractivity contribution is 0.102. The SMILES string of the molecule is C.C[C@@H]1Cn2cnnc2-c2cccc(NC(=O)c3cc(-n4cnc(C5CC5)c4)ccn3)c2O1. The van der Waals surface area contributed by atoms with Crippen molar-refractivity contribution in [2.24, 2.45) is 0 Å². The van der Waals surface area contributed by atoms with Crippen LogP contribution in [-0.2, 0) is 6.54 Å². The van der Waals surface area contributed by atoms with Gasteiger partial charge >= 0.3 is 0 Å². The molecule has 0 unspecified atom stereocenters. The maximum absolute atomic E-state index is 13.1. The minimum absolute atomic E-state index is 0. The lowest BCUT2D eigenvalue weighted by atomic mass is 10.1. The van der Waals surface area contributed by atoms with Gasteiger partial charge in [-0.3, -0.25) is 9.78 Å². The average molecular weight is 444 g/mol. The number of pyridine rings is 1. The second-order valence-electron chi connectivity index (χ2n) is 8.25. The summed E-state index contributed by atoms with van der Waals surface area (Å²) in [6.45, 7) is 2.60. The molecule has 4 heterocycles. The van der Waals surface area contributed by atoms with E-state index in [2.05, 4.69) is 25.5 Å². The summed E-state index contributed by atoms with van der Waals surface area (Å²) in [6, 6.07) is 9.22. The summed E-state index contributed by atoms with van der Waals surface area (Å²) in [5, 5.41) is 11.2. The van der Waals surface area contributed by atoms with Gasteiger partial charge in [-0.1, -0.05) is 13.5 Å². The first kappa shape index (κ1) is 20.9. The molecule has 9 heteroatoms. The number of imidazole rings is 1. The molecule has 1 aromatic carbocycles. The van der Waals surface area contributed by atoms with Crippen molar-refractivity contribution >= 4 is 11.6 Å². The molecule has 1 amide bonds. The van der Waals surface area contributed by atoms with E-state index in [1.807, 2.05) is 46.5 Å². The number of benzene rings is 1. The fraction of sp³-hybridized carbons (Fsp3) is 0.292. The van der Waals surface area contributed by atoms with Crippen LogP contribution < -0.4 is 10.1 Å². The number of carbonyl (C=O) groups is 1. The molecule has 0 saturated heterocycles. The van der Waals surface area contributed by atoms with Crippen LogP contribution in [0.25, 0.3) is 17.1 Å². The number of nitrogens with one attached hydrogen (secondary N) is 1. The number of hydrogen-bond acceptors (Lipinski definition) is 6. The van der Waals surface area contributed by atoms with Crippen molar-refractivity contribution in [2.45, 2.75) is 45.8 Å². The Morgan fingerprint density at radius 2 is 2.06 bits per heavy atom. The maximum atomic E-state index is 13.1. The largest absolute Gasteiger partial charge is 0.486 e. The maximum Gasteiger partial charge on any atom is 0.274 e. The van der Waals surface area contributed by atoms with E-state index < -0.39 is 0 Å². The van der Waals surface area contributed by atoms with Crippen LogP contribution in [0.4, 0.5) is 5.69 Å². The summed E-state index contributed by atoms with van der Waals surface area (Å²) in [5.74, 6) is 1.55. The van der Waals surface area contributed by atoms with Gasteiger partial charge in [0.2, 0.25) is 0 Å². The van der Waals surface area contributed by atoms with Gasteiger partial charge in [-0.15, -0.1) is 10.2 Å². The molecule has 1 N–H and O–H groups in total. The average Bonchev–Trinajstić information content (AvgIpc) is 3.39. The highest BCUT2D eigenvalue weighted by molar-refractivity contribution is 6.04. The van der Waals surface area contributed by atoms with Crippen LogP contribution in [0, 0.1) is 0 Å². The van der Waals surface area contributed by atoms with E-state index in [0.717, 1.165) is 16.9 Å². The number of fused-ring (bicyclic) bond motifs is 3. The van der Waals surface area contributed by atoms with E-state index in [1.165, 1.54) is 12.8 Å². The summed E-state index contributed by atoms with van der Waals surface area (Å²) in [4.78, 5) is 21.8. The fourth-order valence-electron chi connectivity index (χ4n) is 4.01. The lowest BCUT2D eigenvalue weighted by Gasteiger charge is -2.16. The van der Waals surface area contributed by atoms with Gasteiger partial charge in [-0.25, -0.2) is 4.98 Å². The van der Waals surface area contributed by atoms with Crippen LogP contribution in [0.1, 0.15) is 49.3 Å². The van der Waals surface area contributed by atoms with E-state index in [1.54, 1.807) is 24.9 Å². The molecule has 1 saturated carbocycles. The van der Waals surface area contributed by atoms with Gasteiger partial charge in [0.05, 0.1) is 35.5 Å². The van der Waals surface area contributed by atoms with Crippen molar-refractivity contribution in [1.29, 1.82) is 0 Å². The monoisotopic (exact) mass is 443 g/mol. The summed E-state index contributed by atoms with van der Waals surface area (Å²) < 4.78 is 10.0. The number of para-hydroxylation sites is 1. The van der Waals surface area contributed by atoms with Gasteiger partial charge in [0.25, 0.3) is 5.91 Å². The van der Waals surface area contributed by atoms with Gasteiger partial charge in [0.15, 0.2) is 11.6 Å². The van der Waals surface area contributed by atoms with Gasteiger partial charge in [-0.2, -0.15) is 0 Å². The number of amides is 1. The van der Waals surface area contributed by atoms with E-state index in [0.29, 0.717) is 35.4 Å². The zero-order valence-corrected chi connectivity index (χ0v) is 17.5. The highest BCUT2D eigenvalue weighted by atomic mass is 16.5. The Bertz CT molecular complexity index is 1320. The minimum Gasteiger partial charge on any atom is -0.486 e. The van der Waals surface area contributed by atoms with Crippen molar-refractivity contribution in [2.75, 3.05) is 5.32 Å². The number of rotatable bonds is 4. The highest BCUT2D eigenvalue weighted by Crippen LogP contribution is 2.40. The first-order valence-electron chi connectivity index (χ1n) is 10.7. The second kappa shape index (κ2) is 8.16. The quantitative estimate of drug-likeness (QED) is 0.510. The van der Waals surface area contributed by atoms with E-state index in [4.69, 9.17) is 4.74 Å². The summed E-state index contributed by atoms with van der Waals surface area (Å²) in [7, 11) is 0. The number of anilines is 1. The zero-order chi connectivity index (χ0) is 21.7. The molecule has 4 aromatic rings. The molecule has 2 aliphatic rings. The molecule has 1 atom stereocenters. The van der Waals surface area contributed by atoms with Crippen LogP contribution in [0.15, 0.2) is 55.4 Å². The summed E-state index contributed by atoms with van der Waals surface area (Å²) in [5.41, 5.74) is 3.61. The first-order chi connectivity index (χ1) is 15.7. The van der Waals surface area contributed by atoms with Crippen LogP contribution >= 0.6 is 0 Å². The van der Waals surface area contributed by atoms with Crippen molar-refractivity contribution in [1.82, 2.24) is 29.3 Å². The van der Waals surface area contributed by atoms with Crippen LogP contribution in [0.2, 0.25) is 0 Å². The number of ether oxygens (including phenoxy) is 1. The van der Waals surface area contributed by atoms with E-state index in [9.17, 15) is 4.79 Å². The second-order valence-corrected chi connectivity index (χ2v) is 8.25. The fourth-order valence-corrected chi connectivity index (χ4v) is 4.01. The third-order valence-electron chi connectivity index (χ3n) is 5.77. The Hall–Kier alpha value is -4.01. The Morgan fingerprint density at radius 1 is 1.18 bits per heavy atom. The standard InChI is InChI=1S/C23H21N7O2.CH4/c1-14-10-30-13-26-28-22(30)17-3-2-4-18(21(17)32-14)27-23(31)19-9-16(7-8-24-19)29-11-20(25-12-29)15-5-6-15;/h2-4,7-9,11-15H,5-6,10H2,1H3,(H,27,31);1H4/t14-;/m1./s1. The third-order valence-corrected chi connectivity index (χ3v) is 5.77. The zero-order valence-electron chi connectivity index (χ0n) is 17.5. The minimum atomic E-state index is -0.315. The normalized spacial score (nSPS) is 16.6. The first-order valence-corrected chi connectivity index (χ1v) is 10.7. The van der Waals surface area contributed by atoms with Crippen LogP contribution in [-0.4, -0.2) is 41.3 Å². The highest BCUT2D eigenvalue weighted by Gasteiger charge is 2.26. The summed E-state index contributed by atoms with van der Waals surface area (Å²) in [6.07, 6.45) is 9.42. The molecule has 6 rings (SSSR count). The number of carbonyl (C=O) groups excluding carboxylic acids is 1. The van der Waals surface area contributed by atoms with Crippen molar-refractivity contribution in [3.05, 3.63) is 66.8 Å². The molecule has 0 spiro atoms. The predicted molar refractivity (Wildman–Crippen MR) is 124 cm³/mol. The number of hydrogen-bond donors (Lipinski definition) is 1. The molecule has 0 radical (unpaired) electrons. The van der Waals surface area contributed by atoms with Gasteiger partial charge in [0.1, 0.15) is 18.1 Å². The third kappa shape index (κ3) is 3.86. The number of nitrogens with zero attached hydrogens (tertiary/aromatic N) is 6. The Kier molecular flexibility index (Phi) is 5.16. The molecule has 3 aromatic heterocycles. The van der Waals surface area contributed by atoms with Crippen molar-refractivity contribution < 1.29 is 9.53 Å². The predicted octanol–water partition coefficient (Wildman–Crippen LogP) is 4.07. The van der Waals surface area contributed by atoms with Gasteiger partial charge < -0.3 is 19.2 Å². The summed E-state index contributed by atoms with van der Waals surface area (Å²) >= 11 is 0. The molecule has 1 aliphatic heterocycles. The smallest absolute Gasteiger partial charge is 0.274 e. The molecule has 33 heavy (non-hydrogen) atoms. The van der Waals surface area contributed by atoms with Crippen LogP contribution in [0.3, 0.4) is 0 Å². The topological polar surface area (TPSA) is 99.8 Å². The van der Waals surface area contributed by atoms with Crippen LogP contribution in [0.5, 0.6) is 5.75 Å². The molecular formula is C24H25N7O2. The molecule has 0 bridgehead atoms. The van der Waals surface area contributed by atoms with Gasteiger partial charge in [-0.05, 0) is 44.0 Å². The molecular weight excluding hydrogens is 418 g/mol. The Balaban J connectivity index is 0.00000228. The Labute approximate surface area is 191 Å². The molecule has 1 aliphatic carbocycles. The molecule has 168 valence electrons. The van der Waals surface area contributed by atoms with E-state index in [-0.39, 0.29) is 19.4 Å². The van der Waals surface area contributed by atoms with Gasteiger partial charge in [0, 0.05) is 18.3 Å². The van der Waals surface area contributed by atoms with Crippen molar-refractivity contribution in [3.8, 4) is 22.8 Å². The molecule has 9 nitrogen and oxygen atoms in total. The lowest BCUT2D eigenvalue weighted by Crippen LogP contribution is -2.19. The van der Waals surface area contributed by atoms with Crippen molar-refractivity contribution in [3.63, 3.8) is 0 Å².